The first kappa shape index (κ1) is 27.9. The lowest BCUT2D eigenvalue weighted by atomic mass is 9.72. The Bertz CT molecular complexity index is 603. The highest BCUT2D eigenvalue weighted by molar-refractivity contribution is 5.77. The Morgan fingerprint density at radius 3 is 2.03 bits per heavy atom. The van der Waals surface area contributed by atoms with E-state index < -0.39 is 5.60 Å². The van der Waals surface area contributed by atoms with Gasteiger partial charge in [0.25, 0.3) is 0 Å². The van der Waals surface area contributed by atoms with E-state index in [-0.39, 0.29) is 24.0 Å². The van der Waals surface area contributed by atoms with Crippen LogP contribution in [-0.4, -0.2) is 55.9 Å². The minimum atomic E-state index is -0.501. The van der Waals surface area contributed by atoms with Crippen molar-refractivity contribution in [3.63, 3.8) is 0 Å². The second-order valence-electron chi connectivity index (χ2n) is 7.82. The Morgan fingerprint density at radius 1 is 1.03 bits per heavy atom. The minimum absolute atomic E-state index is 0.0505. The number of amides is 2. The molecule has 0 atom stereocenters. The molecule has 0 spiro atoms. The minimum Gasteiger partial charge on any atom is -0.444 e. The highest BCUT2D eigenvalue weighted by Crippen LogP contribution is 2.35. The van der Waals surface area contributed by atoms with Crippen molar-refractivity contribution in [1.82, 2.24) is 10.2 Å². The van der Waals surface area contributed by atoms with Gasteiger partial charge in [-0.15, -0.1) is 0 Å². The third-order valence-corrected chi connectivity index (χ3v) is 4.66. The molecule has 0 saturated carbocycles. The number of methoxy groups -OCH3 is 1. The number of likely N-dealkylation sites (tertiary alicyclic amines) is 1. The van der Waals surface area contributed by atoms with Crippen molar-refractivity contribution in [1.29, 1.82) is 0 Å². The van der Waals surface area contributed by atoms with Crippen LogP contribution in [0.2, 0.25) is 0 Å². The van der Waals surface area contributed by atoms with Crippen LogP contribution in [0.1, 0.15) is 66.9 Å². The summed E-state index contributed by atoms with van der Waals surface area (Å²) in [5.74, 6) is -0.127. The Morgan fingerprint density at radius 2 is 1.57 bits per heavy atom. The van der Waals surface area contributed by atoms with Gasteiger partial charge in [-0.25, -0.2) is 4.79 Å². The molecule has 172 valence electrons. The first-order chi connectivity index (χ1) is 14.3. The SMILES string of the molecule is CC.CC.COCC(=O)NCC1(c2ccccc2)CCN(C(=O)OC(C)(C)C)CC1. The lowest BCUT2D eigenvalue weighted by Crippen LogP contribution is -2.51. The van der Waals surface area contributed by atoms with Gasteiger partial charge >= 0.3 is 6.09 Å². The molecule has 0 radical (unpaired) electrons. The van der Waals surface area contributed by atoms with Crippen LogP contribution in [0.25, 0.3) is 0 Å². The Hall–Kier alpha value is -2.08. The zero-order chi connectivity index (χ0) is 23.2. The average Bonchev–Trinajstić information content (AvgIpc) is 2.75. The smallest absolute Gasteiger partial charge is 0.410 e. The van der Waals surface area contributed by atoms with Gasteiger partial charge in [0.05, 0.1) is 0 Å². The number of rotatable bonds is 5. The van der Waals surface area contributed by atoms with Crippen molar-refractivity contribution < 1.29 is 19.1 Å². The van der Waals surface area contributed by atoms with Crippen molar-refractivity contribution in [3.05, 3.63) is 35.9 Å². The average molecular weight is 423 g/mol. The van der Waals surface area contributed by atoms with E-state index in [2.05, 4.69) is 17.4 Å². The maximum Gasteiger partial charge on any atom is 0.410 e. The highest BCUT2D eigenvalue weighted by atomic mass is 16.6. The van der Waals surface area contributed by atoms with Gasteiger partial charge in [0, 0.05) is 32.2 Å². The van der Waals surface area contributed by atoms with Crippen molar-refractivity contribution in [2.24, 2.45) is 0 Å². The fraction of sp³-hybridized carbons (Fsp3) is 0.667. The van der Waals surface area contributed by atoms with Crippen molar-refractivity contribution in [3.8, 4) is 0 Å². The molecular weight excluding hydrogens is 380 g/mol. The fourth-order valence-corrected chi connectivity index (χ4v) is 3.25. The molecule has 0 aliphatic carbocycles. The third-order valence-electron chi connectivity index (χ3n) is 4.66. The van der Waals surface area contributed by atoms with Gasteiger partial charge in [-0.2, -0.15) is 0 Å². The van der Waals surface area contributed by atoms with Crippen molar-refractivity contribution >= 4 is 12.0 Å². The molecule has 1 fully saturated rings. The molecular formula is C24H42N2O4. The molecule has 1 N–H and O–H groups in total. The fourth-order valence-electron chi connectivity index (χ4n) is 3.25. The number of benzene rings is 1. The summed E-state index contributed by atoms with van der Waals surface area (Å²) in [4.78, 5) is 26.0. The second-order valence-corrected chi connectivity index (χ2v) is 7.82. The summed E-state index contributed by atoms with van der Waals surface area (Å²) in [6, 6.07) is 10.2. The van der Waals surface area contributed by atoms with Gasteiger partial charge < -0.3 is 19.7 Å². The predicted octanol–water partition coefficient (Wildman–Crippen LogP) is 4.77. The molecule has 1 aliphatic heterocycles. The Labute approximate surface area is 183 Å². The van der Waals surface area contributed by atoms with Gasteiger partial charge in [-0.1, -0.05) is 58.0 Å². The van der Waals surface area contributed by atoms with Gasteiger partial charge in [0.15, 0.2) is 0 Å². The summed E-state index contributed by atoms with van der Waals surface area (Å²) in [6.45, 7) is 15.4. The normalized spacial score (nSPS) is 15.0. The van der Waals surface area contributed by atoms with Crippen LogP contribution in [0, 0.1) is 0 Å². The third kappa shape index (κ3) is 9.16. The van der Waals surface area contributed by atoms with Gasteiger partial charge in [-0.05, 0) is 39.2 Å². The molecule has 6 nitrogen and oxygen atoms in total. The largest absolute Gasteiger partial charge is 0.444 e. The first-order valence-corrected chi connectivity index (χ1v) is 11.0. The molecule has 2 rings (SSSR count). The Balaban J connectivity index is 0.00000198. The highest BCUT2D eigenvalue weighted by Gasteiger charge is 2.38. The number of carbonyl (C=O) groups is 2. The van der Waals surface area contributed by atoms with E-state index in [1.54, 1.807) is 4.90 Å². The number of piperidine rings is 1. The summed E-state index contributed by atoms with van der Waals surface area (Å²) < 4.78 is 10.4. The van der Waals surface area contributed by atoms with E-state index in [1.165, 1.54) is 12.7 Å². The first-order valence-electron chi connectivity index (χ1n) is 11.0. The van der Waals surface area contributed by atoms with E-state index >= 15 is 0 Å². The van der Waals surface area contributed by atoms with Crippen molar-refractivity contribution in [2.75, 3.05) is 33.4 Å². The monoisotopic (exact) mass is 422 g/mol. The van der Waals surface area contributed by atoms with E-state index in [0.717, 1.165) is 12.8 Å². The summed E-state index contributed by atoms with van der Waals surface area (Å²) in [5, 5.41) is 2.98. The molecule has 1 saturated heterocycles. The molecule has 0 bridgehead atoms. The quantitative estimate of drug-likeness (QED) is 0.742. The topological polar surface area (TPSA) is 67.9 Å². The number of carbonyl (C=O) groups excluding carboxylic acids is 2. The summed E-state index contributed by atoms with van der Waals surface area (Å²) in [5.41, 5.74) is 0.490. The number of nitrogens with zero attached hydrogens (tertiary/aromatic N) is 1. The molecule has 0 aromatic heterocycles. The lowest BCUT2D eigenvalue weighted by Gasteiger charge is -2.42. The van der Waals surface area contributed by atoms with E-state index in [9.17, 15) is 9.59 Å². The van der Waals surface area contributed by atoms with E-state index in [4.69, 9.17) is 9.47 Å². The van der Waals surface area contributed by atoms with Crippen LogP contribution in [0.5, 0.6) is 0 Å². The Kier molecular flexibility index (Phi) is 13.0. The molecule has 0 unspecified atom stereocenters. The van der Waals surface area contributed by atoms with Crippen LogP contribution >= 0.6 is 0 Å². The molecule has 1 heterocycles. The maximum absolute atomic E-state index is 12.3. The molecule has 2 amide bonds. The summed E-state index contributed by atoms with van der Waals surface area (Å²) in [6.07, 6.45) is 1.26. The van der Waals surface area contributed by atoms with Crippen LogP contribution < -0.4 is 5.32 Å². The molecule has 1 aromatic carbocycles. The maximum atomic E-state index is 12.3. The van der Waals surface area contributed by atoms with Crippen LogP contribution in [0.4, 0.5) is 4.79 Å². The van der Waals surface area contributed by atoms with Crippen molar-refractivity contribution in [2.45, 2.75) is 72.3 Å². The zero-order valence-electron chi connectivity index (χ0n) is 20.2. The number of hydrogen-bond donors (Lipinski definition) is 1. The molecule has 1 aliphatic rings. The second kappa shape index (κ2) is 14.0. The van der Waals surface area contributed by atoms with Gasteiger partial charge in [0.2, 0.25) is 5.91 Å². The summed E-state index contributed by atoms with van der Waals surface area (Å²) >= 11 is 0. The molecule has 1 aromatic rings. The van der Waals surface area contributed by atoms with Gasteiger partial charge in [0.1, 0.15) is 12.2 Å². The standard InChI is InChI=1S/C20H30N2O4.2C2H6/c1-19(2,3)26-18(24)22-12-10-20(11-13-22,15-21-17(23)14-25-4)16-8-6-5-7-9-16;2*1-2/h5-9H,10-15H2,1-4H3,(H,21,23);2*1-2H3. The van der Waals surface area contributed by atoms with E-state index in [1.807, 2.05) is 66.7 Å². The van der Waals surface area contributed by atoms with Gasteiger partial charge in [-0.3, -0.25) is 4.79 Å². The lowest BCUT2D eigenvalue weighted by molar-refractivity contribution is -0.125. The molecule has 6 heteroatoms. The molecule has 30 heavy (non-hydrogen) atoms. The number of ether oxygens (including phenoxy) is 2. The summed E-state index contributed by atoms with van der Waals surface area (Å²) in [7, 11) is 1.51. The predicted molar refractivity (Wildman–Crippen MR) is 123 cm³/mol. The zero-order valence-corrected chi connectivity index (χ0v) is 20.2. The van der Waals surface area contributed by atoms with E-state index in [0.29, 0.717) is 19.6 Å². The van der Waals surface area contributed by atoms with Crippen LogP contribution in [-0.2, 0) is 19.7 Å². The number of hydrogen-bond acceptors (Lipinski definition) is 4. The van der Waals surface area contributed by atoms with Crippen LogP contribution in [0.3, 0.4) is 0 Å². The number of nitrogens with one attached hydrogen (secondary N) is 1. The van der Waals surface area contributed by atoms with Crippen LogP contribution in [0.15, 0.2) is 30.3 Å².